The van der Waals surface area contributed by atoms with Gasteiger partial charge in [0, 0.05) is 23.4 Å². The summed E-state index contributed by atoms with van der Waals surface area (Å²) in [6, 6.07) is 23.9. The minimum atomic E-state index is -0.748. The molecule has 0 saturated heterocycles. The Morgan fingerprint density at radius 2 is 1.83 bits per heavy atom. The molecular formula is C30H28ClNO4. The molecular weight excluding hydrogens is 474 g/mol. The van der Waals surface area contributed by atoms with Crippen molar-refractivity contribution in [3.63, 3.8) is 0 Å². The first-order chi connectivity index (χ1) is 17.5. The van der Waals surface area contributed by atoms with Crippen LogP contribution in [0, 0.1) is 0 Å². The fraction of sp³-hybridized carbons (Fsp3) is 0.267. The van der Waals surface area contributed by atoms with E-state index in [1.807, 2.05) is 54.6 Å². The van der Waals surface area contributed by atoms with Gasteiger partial charge in [-0.2, -0.15) is 0 Å². The van der Waals surface area contributed by atoms with Crippen LogP contribution in [0.5, 0.6) is 5.75 Å². The first-order valence-corrected chi connectivity index (χ1v) is 12.7. The van der Waals surface area contributed by atoms with Gasteiger partial charge in [0.2, 0.25) is 5.89 Å². The van der Waals surface area contributed by atoms with Gasteiger partial charge in [-0.05, 0) is 78.3 Å². The molecule has 36 heavy (non-hydrogen) atoms. The highest BCUT2D eigenvalue weighted by Gasteiger charge is 2.25. The van der Waals surface area contributed by atoms with E-state index in [1.54, 1.807) is 0 Å². The quantitative estimate of drug-likeness (QED) is 0.255. The summed E-state index contributed by atoms with van der Waals surface area (Å²) >= 11 is 6.05. The molecule has 0 bridgehead atoms. The molecule has 0 amide bonds. The highest BCUT2D eigenvalue weighted by atomic mass is 35.5. The first-order valence-electron chi connectivity index (χ1n) is 12.3. The van der Waals surface area contributed by atoms with Crippen molar-refractivity contribution in [3.8, 4) is 17.2 Å². The lowest BCUT2D eigenvalue weighted by Crippen LogP contribution is -2.05. The van der Waals surface area contributed by atoms with E-state index in [1.165, 1.54) is 11.1 Å². The Morgan fingerprint density at radius 3 is 2.61 bits per heavy atom. The summed E-state index contributed by atoms with van der Waals surface area (Å²) in [5.74, 6) is 1.61. The highest BCUT2D eigenvalue weighted by Crippen LogP contribution is 2.37. The van der Waals surface area contributed by atoms with E-state index in [-0.39, 0.29) is 12.3 Å². The summed E-state index contributed by atoms with van der Waals surface area (Å²) in [5.41, 5.74) is 5.37. The van der Waals surface area contributed by atoms with Crippen LogP contribution in [0.15, 0.2) is 77.2 Å². The third kappa shape index (κ3) is 5.80. The van der Waals surface area contributed by atoms with Crippen LogP contribution in [0.25, 0.3) is 11.5 Å². The van der Waals surface area contributed by atoms with Crippen LogP contribution in [0.4, 0.5) is 0 Å². The number of aliphatic carboxylic acids is 1. The molecule has 0 aliphatic heterocycles. The molecule has 6 heteroatoms. The van der Waals surface area contributed by atoms with Crippen molar-refractivity contribution in [1.29, 1.82) is 0 Å². The monoisotopic (exact) mass is 501 g/mol. The maximum absolute atomic E-state index is 11.1. The minimum absolute atomic E-state index is 0.0974. The number of fused-ring (bicyclic) bond motifs is 1. The van der Waals surface area contributed by atoms with Gasteiger partial charge in [-0.25, -0.2) is 4.98 Å². The molecule has 1 aliphatic carbocycles. The van der Waals surface area contributed by atoms with Crippen LogP contribution in [-0.2, 0) is 30.5 Å². The van der Waals surface area contributed by atoms with Gasteiger partial charge >= 0.3 is 5.97 Å². The largest absolute Gasteiger partial charge is 0.493 e. The van der Waals surface area contributed by atoms with Gasteiger partial charge in [-0.15, -0.1) is 0 Å². The summed E-state index contributed by atoms with van der Waals surface area (Å²) in [6.45, 7) is 0.474. The van der Waals surface area contributed by atoms with Crippen LogP contribution in [0.1, 0.15) is 46.9 Å². The van der Waals surface area contributed by atoms with E-state index in [2.05, 4.69) is 18.2 Å². The second-order valence-corrected chi connectivity index (χ2v) is 9.61. The topological polar surface area (TPSA) is 72.6 Å². The number of carbonyl (C=O) groups is 1. The predicted octanol–water partition coefficient (Wildman–Crippen LogP) is 6.91. The number of hydrogen-bond donors (Lipinski definition) is 1. The normalized spacial score (nSPS) is 14.5. The average molecular weight is 502 g/mol. The van der Waals surface area contributed by atoms with Gasteiger partial charge < -0.3 is 14.3 Å². The second kappa shape index (κ2) is 11.0. The van der Waals surface area contributed by atoms with Crippen LogP contribution in [0.3, 0.4) is 0 Å². The third-order valence-electron chi connectivity index (χ3n) is 6.70. The third-order valence-corrected chi connectivity index (χ3v) is 6.95. The Hall–Kier alpha value is -3.57. The summed E-state index contributed by atoms with van der Waals surface area (Å²) in [4.78, 5) is 15.9. The van der Waals surface area contributed by atoms with Gasteiger partial charge in [0.05, 0.1) is 18.7 Å². The molecule has 5 nitrogen and oxygen atoms in total. The van der Waals surface area contributed by atoms with Crippen LogP contribution < -0.4 is 4.74 Å². The Kier molecular flexibility index (Phi) is 7.38. The van der Waals surface area contributed by atoms with E-state index in [0.29, 0.717) is 23.9 Å². The molecule has 1 unspecified atom stereocenters. The zero-order valence-corrected chi connectivity index (χ0v) is 20.7. The van der Waals surface area contributed by atoms with Gasteiger partial charge in [-0.1, -0.05) is 48.0 Å². The number of rotatable bonds is 10. The van der Waals surface area contributed by atoms with Crippen LogP contribution >= 0.6 is 11.6 Å². The molecule has 1 atom stereocenters. The molecule has 0 saturated carbocycles. The maximum Gasteiger partial charge on any atom is 0.303 e. The highest BCUT2D eigenvalue weighted by molar-refractivity contribution is 6.30. The summed E-state index contributed by atoms with van der Waals surface area (Å²) in [5, 5.41) is 9.82. The number of carboxylic acids is 1. The van der Waals surface area contributed by atoms with Crippen LogP contribution in [0.2, 0.25) is 5.02 Å². The number of oxazole rings is 1. The molecule has 0 radical (unpaired) electrons. The number of benzene rings is 3. The Morgan fingerprint density at radius 1 is 1.03 bits per heavy atom. The van der Waals surface area contributed by atoms with Gasteiger partial charge in [0.1, 0.15) is 11.5 Å². The number of aryl methyl sites for hydroxylation is 3. The van der Waals surface area contributed by atoms with Crippen molar-refractivity contribution < 1.29 is 19.1 Å². The molecule has 0 spiro atoms. The molecule has 1 heterocycles. The Bertz CT molecular complexity index is 1330. The molecule has 0 fully saturated rings. The van der Waals surface area contributed by atoms with E-state index >= 15 is 0 Å². The smallest absolute Gasteiger partial charge is 0.303 e. The molecule has 184 valence electrons. The minimum Gasteiger partial charge on any atom is -0.493 e. The number of ether oxygens (including phenoxy) is 1. The summed E-state index contributed by atoms with van der Waals surface area (Å²) in [6.07, 6.45) is 4.20. The van der Waals surface area contributed by atoms with Crippen molar-refractivity contribution >= 4 is 17.6 Å². The maximum atomic E-state index is 11.1. The summed E-state index contributed by atoms with van der Waals surface area (Å²) in [7, 11) is 0. The second-order valence-electron chi connectivity index (χ2n) is 9.17. The fourth-order valence-electron chi connectivity index (χ4n) is 4.85. The Balaban J connectivity index is 1.28. The number of halogens is 1. The van der Waals surface area contributed by atoms with Crippen molar-refractivity contribution in [2.24, 2.45) is 0 Å². The van der Waals surface area contributed by atoms with E-state index < -0.39 is 5.97 Å². The van der Waals surface area contributed by atoms with Crippen molar-refractivity contribution in [3.05, 3.63) is 106 Å². The van der Waals surface area contributed by atoms with Crippen molar-refractivity contribution in [2.75, 3.05) is 6.61 Å². The van der Waals surface area contributed by atoms with E-state index in [4.69, 9.17) is 30.8 Å². The molecule has 5 rings (SSSR count). The molecule has 1 aromatic heterocycles. The summed E-state index contributed by atoms with van der Waals surface area (Å²) < 4.78 is 12.3. The SMILES string of the molecule is O=C(O)CC1CCc2cc(OCCc3nc(-c4ccc(Cl)cc4)oc3CCc3ccccc3)ccc21. The number of hydrogen-bond acceptors (Lipinski definition) is 4. The number of aromatic nitrogens is 1. The van der Waals surface area contributed by atoms with Crippen molar-refractivity contribution in [1.82, 2.24) is 4.98 Å². The molecule has 1 aliphatic rings. The zero-order chi connectivity index (χ0) is 24.9. The number of nitrogens with zero attached hydrogens (tertiary/aromatic N) is 1. The standard InChI is InChI=1S/C30H28ClNO4/c31-24-11-9-21(10-12-24)30-32-27(28(36-30)15-6-20-4-2-1-3-5-20)16-17-35-25-13-14-26-22(18-25)7-8-23(26)19-29(33)34/h1-5,9-14,18,23H,6-8,15-17,19H2,(H,33,34). The van der Waals surface area contributed by atoms with Gasteiger partial charge in [0.25, 0.3) is 0 Å². The number of carboxylic acid groups (broad SMARTS) is 1. The van der Waals surface area contributed by atoms with Gasteiger partial charge in [0.15, 0.2) is 0 Å². The lowest BCUT2D eigenvalue weighted by molar-refractivity contribution is -0.137. The fourth-order valence-corrected chi connectivity index (χ4v) is 4.98. The first kappa shape index (κ1) is 24.1. The molecule has 4 aromatic rings. The lowest BCUT2D eigenvalue weighted by atomic mass is 9.98. The zero-order valence-electron chi connectivity index (χ0n) is 20.0. The molecule has 1 N–H and O–H groups in total. The van der Waals surface area contributed by atoms with Crippen LogP contribution in [-0.4, -0.2) is 22.7 Å². The van der Waals surface area contributed by atoms with Gasteiger partial charge in [-0.3, -0.25) is 4.79 Å². The predicted molar refractivity (Wildman–Crippen MR) is 140 cm³/mol. The van der Waals surface area contributed by atoms with E-state index in [0.717, 1.165) is 54.0 Å². The molecule has 3 aromatic carbocycles. The average Bonchev–Trinajstić information content (AvgIpc) is 3.47. The Labute approximate surface area is 215 Å². The lowest BCUT2D eigenvalue weighted by Gasteiger charge is -2.11. The van der Waals surface area contributed by atoms with Crippen molar-refractivity contribution in [2.45, 2.75) is 44.4 Å². The van der Waals surface area contributed by atoms with E-state index in [9.17, 15) is 4.79 Å².